The molecule has 0 aliphatic carbocycles. The highest BCUT2D eigenvalue weighted by molar-refractivity contribution is 5.26. The molecular weight excluding hydrogens is 212 g/mol. The third-order valence-electron chi connectivity index (χ3n) is 3.25. The first-order valence-corrected chi connectivity index (χ1v) is 6.45. The van der Waals surface area contributed by atoms with Crippen LogP contribution in [0.5, 0.6) is 0 Å². The zero-order valence-corrected chi connectivity index (χ0v) is 11.8. The minimum absolute atomic E-state index is 0.565. The third-order valence-corrected chi connectivity index (χ3v) is 3.25. The van der Waals surface area contributed by atoms with Crippen LogP contribution in [0.2, 0.25) is 0 Å². The Morgan fingerprint density at radius 1 is 1.41 bits per heavy atom. The second kappa shape index (κ2) is 6.82. The highest BCUT2D eigenvalue weighted by Crippen LogP contribution is 2.14. The fourth-order valence-electron chi connectivity index (χ4n) is 2.33. The van der Waals surface area contributed by atoms with Crippen molar-refractivity contribution in [1.82, 2.24) is 9.88 Å². The van der Waals surface area contributed by atoms with Gasteiger partial charge in [-0.15, -0.1) is 0 Å². The molecule has 0 fully saturated rings. The Balaban J connectivity index is 2.47. The zero-order chi connectivity index (χ0) is 12.8. The van der Waals surface area contributed by atoms with Crippen molar-refractivity contribution in [1.29, 1.82) is 0 Å². The Morgan fingerprint density at radius 2 is 2.12 bits per heavy atom. The minimum Gasteiger partial charge on any atom is -0.384 e. The van der Waals surface area contributed by atoms with Gasteiger partial charge in [0.25, 0.3) is 0 Å². The number of aromatic nitrogens is 1. The molecule has 0 spiro atoms. The van der Waals surface area contributed by atoms with Gasteiger partial charge in [-0.05, 0) is 38.3 Å². The van der Waals surface area contributed by atoms with Gasteiger partial charge in [0.05, 0.1) is 0 Å². The van der Waals surface area contributed by atoms with E-state index in [-0.39, 0.29) is 0 Å². The summed E-state index contributed by atoms with van der Waals surface area (Å²) in [5.74, 6) is 0.565. The van der Waals surface area contributed by atoms with E-state index in [9.17, 15) is 0 Å². The molecule has 3 nitrogen and oxygen atoms in total. The summed E-state index contributed by atoms with van der Waals surface area (Å²) in [7, 11) is 1.76. The summed E-state index contributed by atoms with van der Waals surface area (Å²) >= 11 is 0. The van der Waals surface area contributed by atoms with Gasteiger partial charge in [0.15, 0.2) is 0 Å². The fourth-order valence-corrected chi connectivity index (χ4v) is 2.33. The number of rotatable bonds is 7. The predicted molar refractivity (Wildman–Crippen MR) is 72.3 cm³/mol. The normalized spacial score (nSPS) is 13.0. The molecule has 0 saturated heterocycles. The molecule has 1 unspecified atom stereocenters. The largest absolute Gasteiger partial charge is 0.384 e. The number of hydrogen-bond donors (Lipinski definition) is 1. The summed E-state index contributed by atoms with van der Waals surface area (Å²) in [6.45, 7) is 12.6. The van der Waals surface area contributed by atoms with Crippen LogP contribution in [-0.2, 0) is 17.8 Å². The molecule has 17 heavy (non-hydrogen) atoms. The second-order valence-electron chi connectivity index (χ2n) is 4.83. The van der Waals surface area contributed by atoms with E-state index >= 15 is 0 Å². The average Bonchev–Trinajstić information content (AvgIpc) is 2.54. The molecule has 0 aromatic carbocycles. The van der Waals surface area contributed by atoms with Crippen molar-refractivity contribution in [2.75, 3.05) is 20.3 Å². The second-order valence-corrected chi connectivity index (χ2v) is 4.83. The highest BCUT2D eigenvalue weighted by Gasteiger charge is 2.07. The van der Waals surface area contributed by atoms with Gasteiger partial charge in [0.2, 0.25) is 0 Å². The molecule has 0 aliphatic rings. The van der Waals surface area contributed by atoms with Crippen LogP contribution >= 0.6 is 0 Å². The van der Waals surface area contributed by atoms with Gasteiger partial charge in [-0.25, -0.2) is 0 Å². The van der Waals surface area contributed by atoms with Crippen molar-refractivity contribution in [3.63, 3.8) is 0 Å². The quantitative estimate of drug-likeness (QED) is 0.790. The van der Waals surface area contributed by atoms with Gasteiger partial charge in [0.1, 0.15) is 0 Å². The highest BCUT2D eigenvalue weighted by atomic mass is 16.5. The first-order valence-electron chi connectivity index (χ1n) is 6.45. The number of methoxy groups -OCH3 is 1. The van der Waals surface area contributed by atoms with Gasteiger partial charge in [-0.3, -0.25) is 0 Å². The summed E-state index contributed by atoms with van der Waals surface area (Å²) in [5.41, 5.74) is 4.15. The van der Waals surface area contributed by atoms with Crippen LogP contribution in [0.15, 0.2) is 6.07 Å². The molecule has 1 N–H and O–H groups in total. The monoisotopic (exact) mass is 238 g/mol. The average molecular weight is 238 g/mol. The summed E-state index contributed by atoms with van der Waals surface area (Å²) < 4.78 is 7.48. The Morgan fingerprint density at radius 3 is 2.65 bits per heavy atom. The Hall–Kier alpha value is -0.800. The zero-order valence-electron chi connectivity index (χ0n) is 11.8. The van der Waals surface area contributed by atoms with E-state index in [4.69, 9.17) is 4.74 Å². The standard InChI is InChI=1S/C14H26N2O/c1-6-16-12(3)7-14(13(16)4)9-15-8-11(2)10-17-5/h7,11,15H,6,8-10H2,1-5H3. The van der Waals surface area contributed by atoms with Gasteiger partial charge in [-0.2, -0.15) is 0 Å². The lowest BCUT2D eigenvalue weighted by Crippen LogP contribution is -2.23. The summed E-state index contributed by atoms with van der Waals surface area (Å²) in [6, 6.07) is 2.28. The molecule has 3 heteroatoms. The van der Waals surface area contributed by atoms with E-state index in [1.165, 1.54) is 17.0 Å². The van der Waals surface area contributed by atoms with Gasteiger partial charge in [-0.1, -0.05) is 6.92 Å². The topological polar surface area (TPSA) is 26.2 Å². The van der Waals surface area contributed by atoms with Crippen LogP contribution in [0.1, 0.15) is 30.8 Å². The van der Waals surface area contributed by atoms with Crippen molar-refractivity contribution in [3.05, 3.63) is 23.0 Å². The maximum atomic E-state index is 5.13. The third kappa shape index (κ3) is 3.86. The molecular formula is C14H26N2O. The molecule has 1 aromatic rings. The predicted octanol–water partition coefficient (Wildman–Crippen LogP) is 2.50. The summed E-state index contributed by atoms with van der Waals surface area (Å²) in [4.78, 5) is 0. The SMILES string of the molecule is CCn1c(C)cc(CNCC(C)COC)c1C. The first kappa shape index (κ1) is 14.3. The molecule has 0 amide bonds. The number of aryl methyl sites for hydroxylation is 1. The van der Waals surface area contributed by atoms with E-state index in [1.54, 1.807) is 7.11 Å². The lowest BCUT2D eigenvalue weighted by molar-refractivity contribution is 0.158. The van der Waals surface area contributed by atoms with Crippen LogP contribution in [0.4, 0.5) is 0 Å². The lowest BCUT2D eigenvalue weighted by Gasteiger charge is -2.11. The molecule has 1 aromatic heterocycles. The summed E-state index contributed by atoms with van der Waals surface area (Å²) in [6.07, 6.45) is 0. The molecule has 1 heterocycles. The number of ether oxygens (including phenoxy) is 1. The van der Waals surface area contributed by atoms with Crippen LogP contribution in [0, 0.1) is 19.8 Å². The maximum Gasteiger partial charge on any atom is 0.0499 e. The first-order chi connectivity index (χ1) is 8.10. The van der Waals surface area contributed by atoms with Gasteiger partial charge < -0.3 is 14.6 Å². The van der Waals surface area contributed by atoms with E-state index < -0.39 is 0 Å². The molecule has 0 radical (unpaired) electrons. The molecule has 0 bridgehead atoms. The van der Waals surface area contributed by atoms with E-state index in [0.717, 1.165) is 26.2 Å². The van der Waals surface area contributed by atoms with Crippen molar-refractivity contribution >= 4 is 0 Å². The minimum atomic E-state index is 0.565. The Labute approximate surface area is 105 Å². The molecule has 0 saturated carbocycles. The van der Waals surface area contributed by atoms with E-state index in [0.29, 0.717) is 5.92 Å². The van der Waals surface area contributed by atoms with Crippen molar-refractivity contribution in [2.45, 2.75) is 40.8 Å². The molecule has 1 rings (SSSR count). The van der Waals surface area contributed by atoms with Crippen molar-refractivity contribution in [3.8, 4) is 0 Å². The Kier molecular flexibility index (Phi) is 5.72. The van der Waals surface area contributed by atoms with Crippen LogP contribution in [-0.4, -0.2) is 24.8 Å². The van der Waals surface area contributed by atoms with Crippen LogP contribution < -0.4 is 5.32 Å². The van der Waals surface area contributed by atoms with Gasteiger partial charge >= 0.3 is 0 Å². The van der Waals surface area contributed by atoms with Crippen molar-refractivity contribution in [2.24, 2.45) is 5.92 Å². The molecule has 98 valence electrons. The van der Waals surface area contributed by atoms with Gasteiger partial charge in [0, 0.05) is 44.7 Å². The number of nitrogens with zero attached hydrogens (tertiary/aromatic N) is 1. The summed E-state index contributed by atoms with van der Waals surface area (Å²) in [5, 5.41) is 3.50. The van der Waals surface area contributed by atoms with E-state index in [1.807, 2.05) is 0 Å². The van der Waals surface area contributed by atoms with Crippen LogP contribution in [0.3, 0.4) is 0 Å². The van der Waals surface area contributed by atoms with Crippen LogP contribution in [0.25, 0.3) is 0 Å². The fraction of sp³-hybridized carbons (Fsp3) is 0.714. The maximum absolute atomic E-state index is 5.13. The molecule has 0 aliphatic heterocycles. The Bertz CT molecular complexity index is 344. The number of hydrogen-bond acceptors (Lipinski definition) is 2. The molecule has 1 atom stereocenters. The lowest BCUT2D eigenvalue weighted by atomic mass is 10.2. The van der Waals surface area contributed by atoms with E-state index in [2.05, 4.69) is 43.6 Å². The van der Waals surface area contributed by atoms with Crippen molar-refractivity contribution < 1.29 is 4.74 Å². The smallest absolute Gasteiger partial charge is 0.0499 e. The number of nitrogens with one attached hydrogen (secondary N) is 1.